The van der Waals surface area contributed by atoms with Crippen LogP contribution in [0.3, 0.4) is 0 Å². The molecule has 2 aliphatic carbocycles. The lowest BCUT2D eigenvalue weighted by molar-refractivity contribution is -0.175. The molecule has 2 aliphatic rings. The molecule has 2 aromatic carbocycles. The highest BCUT2D eigenvalue weighted by atomic mass is 28.4. The minimum atomic E-state index is -2.53. The van der Waals surface area contributed by atoms with Gasteiger partial charge in [-0.3, -0.25) is 19.3 Å². The number of carbonyl (C=O) groups excluding carboxylic acids is 2. The van der Waals surface area contributed by atoms with E-state index in [1.165, 1.54) is 34.7 Å². The van der Waals surface area contributed by atoms with Crippen molar-refractivity contribution in [2.24, 2.45) is 11.8 Å². The molecule has 0 heterocycles. The van der Waals surface area contributed by atoms with Crippen LogP contribution >= 0.6 is 0 Å². The highest BCUT2D eigenvalue weighted by Crippen LogP contribution is 2.40. The van der Waals surface area contributed by atoms with Crippen LogP contribution in [-0.4, -0.2) is 75.9 Å². The maximum atomic E-state index is 12.5. The number of rotatable bonds is 8. The van der Waals surface area contributed by atoms with E-state index in [1.54, 1.807) is 14.1 Å². The van der Waals surface area contributed by atoms with Crippen LogP contribution in [0.4, 0.5) is 0 Å². The van der Waals surface area contributed by atoms with Crippen LogP contribution in [0.2, 0.25) is 5.04 Å². The molecule has 2 amide bonds. The summed E-state index contributed by atoms with van der Waals surface area (Å²) in [7, 11) is 3.79. The molecule has 9 heteroatoms. The molecule has 0 bridgehead atoms. The van der Waals surface area contributed by atoms with Gasteiger partial charge < -0.3 is 9.53 Å². The molecule has 2 fully saturated rings. The lowest BCUT2D eigenvalue weighted by Gasteiger charge is -2.46. The second kappa shape index (κ2) is 16.0. The maximum absolute atomic E-state index is 12.5. The van der Waals surface area contributed by atoms with Gasteiger partial charge in [-0.15, -0.1) is 0 Å². The van der Waals surface area contributed by atoms with E-state index in [2.05, 4.69) is 81.4 Å². The molecule has 0 aromatic heterocycles. The summed E-state index contributed by atoms with van der Waals surface area (Å²) in [6.45, 7) is 6.92. The van der Waals surface area contributed by atoms with E-state index in [0.717, 1.165) is 51.4 Å². The molecule has 0 unspecified atom stereocenters. The highest BCUT2D eigenvalue weighted by Gasteiger charge is 2.51. The van der Waals surface area contributed by atoms with Crippen LogP contribution in [0.25, 0.3) is 0 Å². The van der Waals surface area contributed by atoms with Gasteiger partial charge in [-0.1, -0.05) is 81.4 Å². The fraction of sp³-hybridized carbons (Fsp3) is 0.588. The monoisotopic (exact) mass is 612 g/mol. The third-order valence-corrected chi connectivity index (χ3v) is 14.1. The van der Waals surface area contributed by atoms with Crippen LogP contribution < -0.4 is 10.4 Å². The zero-order chi connectivity index (χ0) is 31.6. The Kier molecular flexibility index (Phi) is 13.0. The number of nitrogens with zero attached hydrogens (tertiary/aromatic N) is 2. The summed E-state index contributed by atoms with van der Waals surface area (Å²) in [5.41, 5.74) is 0. The van der Waals surface area contributed by atoms with Crippen LogP contribution in [0.1, 0.15) is 72.1 Å². The van der Waals surface area contributed by atoms with Gasteiger partial charge in [-0.05, 0) is 66.8 Å². The molecule has 2 saturated carbocycles. The van der Waals surface area contributed by atoms with Gasteiger partial charge in [0.2, 0.25) is 11.8 Å². The number of amides is 2. The summed E-state index contributed by atoms with van der Waals surface area (Å²) >= 11 is 0. The van der Waals surface area contributed by atoms with Gasteiger partial charge in [0.15, 0.2) is 0 Å². The molecule has 1 N–H and O–H groups in total. The van der Waals surface area contributed by atoms with Crippen molar-refractivity contribution in [1.29, 1.82) is 0 Å². The Morgan fingerprint density at radius 1 is 0.698 bits per heavy atom. The second-order valence-electron chi connectivity index (χ2n) is 12.8. The Balaban J connectivity index is 0.000000326. The van der Waals surface area contributed by atoms with Crippen molar-refractivity contribution in [2.45, 2.75) is 89.4 Å². The zero-order valence-corrected chi connectivity index (χ0v) is 28.1. The third-order valence-electron chi connectivity index (χ3n) is 9.00. The van der Waals surface area contributed by atoms with Crippen molar-refractivity contribution >= 4 is 30.5 Å². The lowest BCUT2D eigenvalue weighted by Crippen LogP contribution is -2.67. The van der Waals surface area contributed by atoms with Crippen LogP contribution in [0.5, 0.6) is 0 Å². The first-order valence-corrected chi connectivity index (χ1v) is 17.5. The van der Waals surface area contributed by atoms with E-state index in [-0.39, 0.29) is 40.9 Å². The maximum Gasteiger partial charge on any atom is 0.261 e. The molecule has 0 radical (unpaired) electrons. The summed E-state index contributed by atoms with van der Waals surface area (Å²) in [6.07, 6.45) is 6.44. The number of benzene rings is 2. The molecular weight excluding hydrogens is 560 g/mol. The quantitative estimate of drug-likeness (QED) is 0.344. The van der Waals surface area contributed by atoms with Gasteiger partial charge >= 0.3 is 0 Å². The number of carbonyl (C=O) groups is 2. The van der Waals surface area contributed by atoms with Gasteiger partial charge in [0.1, 0.15) is 0 Å². The minimum Gasteiger partial charge on any atom is -0.404 e. The van der Waals surface area contributed by atoms with Crippen LogP contribution in [0, 0.1) is 11.8 Å². The number of aliphatic hydroxyl groups is 1. The molecule has 0 aliphatic heterocycles. The fourth-order valence-corrected chi connectivity index (χ4v) is 11.1. The predicted molar refractivity (Wildman–Crippen MR) is 172 cm³/mol. The van der Waals surface area contributed by atoms with E-state index in [4.69, 9.17) is 14.1 Å². The molecule has 0 saturated heterocycles. The average Bonchev–Trinajstić information content (AvgIpc) is 3.03. The van der Waals surface area contributed by atoms with Crippen molar-refractivity contribution in [3.8, 4) is 0 Å². The van der Waals surface area contributed by atoms with Crippen molar-refractivity contribution in [2.75, 3.05) is 28.3 Å². The standard InChI is InChI=1S/C25H35NO3Si.C9H17NO3/c1-25(2,3)30(22-12-8-6-9-13-22,23-14-10-7-11-15-23)29-21-18-16-20(17-19-21)24(27)26(4)28-5;1-10(13-2)9(12)7-3-5-8(11)6-4-7/h6-15,20-21H,16-19H2,1-5H3;7-8,11H,3-6H2,1-2H3/t20-,21-;7-,8-. The Bertz CT molecular complexity index is 1090. The third kappa shape index (κ3) is 8.76. The molecule has 238 valence electrons. The first-order valence-electron chi connectivity index (χ1n) is 15.5. The zero-order valence-electron chi connectivity index (χ0n) is 27.1. The van der Waals surface area contributed by atoms with Gasteiger partial charge in [-0.25, -0.2) is 10.1 Å². The first-order chi connectivity index (χ1) is 20.4. The molecule has 0 spiro atoms. The van der Waals surface area contributed by atoms with Gasteiger partial charge in [0.05, 0.1) is 20.3 Å². The van der Waals surface area contributed by atoms with Gasteiger partial charge in [-0.2, -0.15) is 0 Å². The fourth-order valence-electron chi connectivity index (χ4n) is 6.39. The molecule has 0 atom stereocenters. The van der Waals surface area contributed by atoms with E-state index < -0.39 is 8.32 Å². The first kappa shape index (κ1) is 34.9. The minimum absolute atomic E-state index is 0.0222. The summed E-state index contributed by atoms with van der Waals surface area (Å²) in [5.74, 6) is 0.151. The summed E-state index contributed by atoms with van der Waals surface area (Å²) in [4.78, 5) is 34.0. The van der Waals surface area contributed by atoms with Gasteiger partial charge in [0, 0.05) is 32.0 Å². The van der Waals surface area contributed by atoms with E-state index >= 15 is 0 Å². The van der Waals surface area contributed by atoms with E-state index in [0.29, 0.717) is 0 Å². The molecule has 2 aromatic rings. The smallest absolute Gasteiger partial charge is 0.261 e. The number of hydrogen-bond acceptors (Lipinski definition) is 6. The lowest BCUT2D eigenvalue weighted by atomic mass is 9.87. The highest BCUT2D eigenvalue weighted by molar-refractivity contribution is 6.99. The van der Waals surface area contributed by atoms with Crippen LogP contribution in [-0.2, 0) is 23.7 Å². The SMILES string of the molecule is CON(C)C(=O)[C@H]1CC[C@H](O)CC1.CON(C)C(=O)[C@H]1CC[C@H](O[Si](c2ccccc2)(c2ccccc2)C(C)(C)C)CC1. The predicted octanol–water partition coefficient (Wildman–Crippen LogP) is 4.70. The molecule has 4 rings (SSSR count). The molecule has 8 nitrogen and oxygen atoms in total. The van der Waals surface area contributed by atoms with Gasteiger partial charge in [0.25, 0.3) is 8.32 Å². The van der Waals surface area contributed by atoms with E-state index in [9.17, 15) is 14.7 Å². The van der Waals surface area contributed by atoms with Crippen molar-refractivity contribution < 1.29 is 28.8 Å². The van der Waals surface area contributed by atoms with E-state index in [1.807, 2.05) is 0 Å². The van der Waals surface area contributed by atoms with Crippen LogP contribution in [0.15, 0.2) is 60.7 Å². The number of aliphatic hydroxyl groups excluding tert-OH is 1. The molecule has 43 heavy (non-hydrogen) atoms. The topological polar surface area (TPSA) is 88.5 Å². The van der Waals surface area contributed by atoms with Crippen molar-refractivity contribution in [3.63, 3.8) is 0 Å². The average molecular weight is 613 g/mol. The van der Waals surface area contributed by atoms with Crippen molar-refractivity contribution in [3.05, 3.63) is 60.7 Å². The Labute approximate surface area is 259 Å². The normalized spacial score (nSPS) is 22.6. The summed E-state index contributed by atoms with van der Waals surface area (Å²) < 4.78 is 7.21. The molecular formula is C34H52N2O6Si. The Morgan fingerprint density at radius 2 is 1.07 bits per heavy atom. The van der Waals surface area contributed by atoms with Crippen molar-refractivity contribution in [1.82, 2.24) is 10.1 Å². The number of hydroxylamine groups is 4. The number of hydrogen-bond donors (Lipinski definition) is 1. The summed E-state index contributed by atoms with van der Waals surface area (Å²) in [6, 6.07) is 21.5. The Hall–Kier alpha value is -2.56. The Morgan fingerprint density at radius 3 is 1.42 bits per heavy atom. The largest absolute Gasteiger partial charge is 0.404 e. The summed E-state index contributed by atoms with van der Waals surface area (Å²) in [5, 5.41) is 14.5. The second-order valence-corrected chi connectivity index (χ2v) is 17.0.